The predicted molar refractivity (Wildman–Crippen MR) is 141 cm³/mol. The Hall–Kier alpha value is -2.86. The number of hydrogen-bond acceptors (Lipinski definition) is 3. The monoisotopic (exact) mass is 524 g/mol. The Bertz CT molecular complexity index is 1150. The van der Waals surface area contributed by atoms with Crippen molar-refractivity contribution in [3.05, 3.63) is 76.3 Å². The molecule has 0 aliphatic rings. The van der Waals surface area contributed by atoms with E-state index in [4.69, 9.17) is 4.74 Å². The van der Waals surface area contributed by atoms with Gasteiger partial charge in [-0.2, -0.15) is 0 Å². The van der Waals surface area contributed by atoms with Gasteiger partial charge in [-0.25, -0.2) is 0 Å². The highest BCUT2D eigenvalue weighted by Gasteiger charge is 2.29. The maximum Gasteiger partial charge on any atom is 0.261 e. The highest BCUT2D eigenvalue weighted by molar-refractivity contribution is 9.10. The summed E-state index contributed by atoms with van der Waals surface area (Å²) < 4.78 is 6.77. The van der Waals surface area contributed by atoms with Gasteiger partial charge < -0.3 is 15.0 Å². The molecule has 1 unspecified atom stereocenters. The molecule has 1 N–H and O–H groups in total. The molecule has 0 saturated heterocycles. The SMILES string of the molecule is CCC(C(=O)NCC(C)C)N(Cc1ccccc1C)C(=O)COc1ccc2ccccc2c1Br. The van der Waals surface area contributed by atoms with Crippen LogP contribution in [0, 0.1) is 12.8 Å². The first-order chi connectivity index (χ1) is 16.3. The number of ether oxygens (including phenoxy) is 1. The maximum atomic E-state index is 13.5. The van der Waals surface area contributed by atoms with Crippen molar-refractivity contribution in [2.24, 2.45) is 5.92 Å². The summed E-state index contributed by atoms with van der Waals surface area (Å²) in [5, 5.41) is 5.09. The van der Waals surface area contributed by atoms with Crippen molar-refractivity contribution in [2.45, 2.75) is 46.7 Å². The van der Waals surface area contributed by atoms with Crippen LogP contribution in [0.1, 0.15) is 38.3 Å². The van der Waals surface area contributed by atoms with Crippen molar-refractivity contribution >= 4 is 38.5 Å². The quantitative estimate of drug-likeness (QED) is 0.360. The normalized spacial score (nSPS) is 11.9. The summed E-state index contributed by atoms with van der Waals surface area (Å²) in [6, 6.07) is 19.2. The first-order valence-electron chi connectivity index (χ1n) is 11.7. The molecule has 0 bridgehead atoms. The highest BCUT2D eigenvalue weighted by Crippen LogP contribution is 2.33. The molecule has 0 aliphatic heterocycles. The Labute approximate surface area is 210 Å². The summed E-state index contributed by atoms with van der Waals surface area (Å²) in [5.74, 6) is 0.565. The van der Waals surface area contributed by atoms with Gasteiger partial charge in [0.05, 0.1) is 4.47 Å². The van der Waals surface area contributed by atoms with E-state index in [9.17, 15) is 9.59 Å². The molecule has 0 aromatic heterocycles. The average Bonchev–Trinajstić information content (AvgIpc) is 2.83. The summed E-state index contributed by atoms with van der Waals surface area (Å²) in [6.45, 7) is 8.80. The minimum Gasteiger partial charge on any atom is -0.483 e. The van der Waals surface area contributed by atoms with Gasteiger partial charge in [-0.15, -0.1) is 0 Å². The van der Waals surface area contributed by atoms with E-state index in [1.165, 1.54) is 0 Å². The number of hydrogen-bond donors (Lipinski definition) is 1. The van der Waals surface area contributed by atoms with E-state index in [2.05, 4.69) is 21.2 Å². The fraction of sp³-hybridized carbons (Fsp3) is 0.357. The van der Waals surface area contributed by atoms with Gasteiger partial charge in [0.25, 0.3) is 5.91 Å². The van der Waals surface area contributed by atoms with Gasteiger partial charge in [0.1, 0.15) is 11.8 Å². The van der Waals surface area contributed by atoms with Crippen LogP contribution in [0.25, 0.3) is 10.8 Å². The molecule has 2 amide bonds. The lowest BCUT2D eigenvalue weighted by Gasteiger charge is -2.31. The number of carbonyl (C=O) groups excluding carboxylic acids is 2. The Morgan fingerprint density at radius 3 is 2.44 bits per heavy atom. The van der Waals surface area contributed by atoms with Crippen LogP contribution in [-0.4, -0.2) is 35.9 Å². The zero-order chi connectivity index (χ0) is 24.7. The molecule has 3 aromatic carbocycles. The van der Waals surface area contributed by atoms with E-state index in [0.29, 0.717) is 31.2 Å². The average molecular weight is 525 g/mol. The third-order valence-corrected chi connectivity index (χ3v) is 6.67. The van der Waals surface area contributed by atoms with E-state index in [0.717, 1.165) is 26.4 Å². The summed E-state index contributed by atoms with van der Waals surface area (Å²) in [4.78, 5) is 28.1. The van der Waals surface area contributed by atoms with E-state index in [1.807, 2.05) is 88.4 Å². The van der Waals surface area contributed by atoms with Gasteiger partial charge in [0, 0.05) is 13.1 Å². The molecular weight excluding hydrogens is 492 g/mol. The Morgan fingerprint density at radius 1 is 1.03 bits per heavy atom. The summed E-state index contributed by atoms with van der Waals surface area (Å²) in [7, 11) is 0. The van der Waals surface area contributed by atoms with Crippen LogP contribution >= 0.6 is 15.9 Å². The molecule has 3 rings (SSSR count). The van der Waals surface area contributed by atoms with Gasteiger partial charge in [-0.3, -0.25) is 9.59 Å². The summed E-state index contributed by atoms with van der Waals surface area (Å²) in [6.07, 6.45) is 0.515. The van der Waals surface area contributed by atoms with Crippen LogP contribution in [-0.2, 0) is 16.1 Å². The second-order valence-electron chi connectivity index (χ2n) is 8.90. The lowest BCUT2D eigenvalue weighted by Crippen LogP contribution is -2.50. The second-order valence-corrected chi connectivity index (χ2v) is 9.69. The first-order valence-corrected chi connectivity index (χ1v) is 12.5. The van der Waals surface area contributed by atoms with Gasteiger partial charge in [-0.1, -0.05) is 75.4 Å². The van der Waals surface area contributed by atoms with Crippen LogP contribution in [0.4, 0.5) is 0 Å². The summed E-state index contributed by atoms with van der Waals surface area (Å²) >= 11 is 3.62. The zero-order valence-electron chi connectivity index (χ0n) is 20.3. The smallest absolute Gasteiger partial charge is 0.261 e. The van der Waals surface area contributed by atoms with Crippen LogP contribution in [0.3, 0.4) is 0 Å². The lowest BCUT2D eigenvalue weighted by atomic mass is 10.1. The van der Waals surface area contributed by atoms with Crippen LogP contribution in [0.5, 0.6) is 5.75 Å². The fourth-order valence-electron chi connectivity index (χ4n) is 3.86. The molecule has 3 aromatic rings. The maximum absolute atomic E-state index is 13.5. The standard InChI is InChI=1S/C28H33BrN2O3/c1-5-24(28(33)30-16-19(2)3)31(17-22-12-7-6-10-20(22)4)26(32)18-34-25-15-14-21-11-8-9-13-23(21)27(25)29/h6-15,19,24H,5,16-18H2,1-4H3,(H,30,33). The molecule has 0 aliphatic carbocycles. The number of halogens is 1. The molecule has 0 radical (unpaired) electrons. The molecule has 1 atom stereocenters. The topological polar surface area (TPSA) is 58.6 Å². The van der Waals surface area contributed by atoms with Crippen molar-refractivity contribution in [1.82, 2.24) is 10.2 Å². The minimum atomic E-state index is -0.575. The number of nitrogens with zero attached hydrogens (tertiary/aromatic N) is 1. The van der Waals surface area contributed by atoms with E-state index in [-0.39, 0.29) is 18.4 Å². The fourth-order valence-corrected chi connectivity index (χ4v) is 4.47. The van der Waals surface area contributed by atoms with Crippen molar-refractivity contribution in [3.63, 3.8) is 0 Å². The van der Waals surface area contributed by atoms with Gasteiger partial charge in [0.2, 0.25) is 5.91 Å². The van der Waals surface area contributed by atoms with Gasteiger partial charge in [-0.05, 0) is 63.2 Å². The Morgan fingerprint density at radius 2 is 1.74 bits per heavy atom. The van der Waals surface area contributed by atoms with Crippen LogP contribution in [0.2, 0.25) is 0 Å². The molecule has 0 heterocycles. The number of fused-ring (bicyclic) bond motifs is 1. The molecule has 34 heavy (non-hydrogen) atoms. The van der Waals surface area contributed by atoms with Crippen molar-refractivity contribution < 1.29 is 14.3 Å². The van der Waals surface area contributed by atoms with Gasteiger partial charge >= 0.3 is 0 Å². The Balaban J connectivity index is 1.82. The number of carbonyl (C=O) groups is 2. The molecule has 0 saturated carbocycles. The minimum absolute atomic E-state index is 0.134. The third-order valence-electron chi connectivity index (χ3n) is 5.85. The Kier molecular flexibility index (Phi) is 9.11. The molecular formula is C28H33BrN2O3. The van der Waals surface area contributed by atoms with Crippen LogP contribution < -0.4 is 10.1 Å². The summed E-state index contributed by atoms with van der Waals surface area (Å²) in [5.41, 5.74) is 2.09. The molecule has 6 heteroatoms. The predicted octanol–water partition coefficient (Wildman–Crippen LogP) is 5.87. The second kappa shape index (κ2) is 12.0. The van der Waals surface area contributed by atoms with E-state index in [1.54, 1.807) is 4.90 Å². The molecule has 0 fully saturated rings. The number of aryl methyl sites for hydroxylation is 1. The first kappa shape index (κ1) is 25.8. The van der Waals surface area contributed by atoms with E-state index < -0.39 is 6.04 Å². The van der Waals surface area contributed by atoms with Crippen molar-refractivity contribution in [2.75, 3.05) is 13.2 Å². The van der Waals surface area contributed by atoms with E-state index >= 15 is 0 Å². The molecule has 180 valence electrons. The largest absolute Gasteiger partial charge is 0.483 e. The van der Waals surface area contributed by atoms with Crippen molar-refractivity contribution in [3.8, 4) is 5.75 Å². The number of rotatable bonds is 10. The zero-order valence-corrected chi connectivity index (χ0v) is 21.9. The highest BCUT2D eigenvalue weighted by atomic mass is 79.9. The van der Waals surface area contributed by atoms with Crippen LogP contribution in [0.15, 0.2) is 65.1 Å². The number of nitrogens with one attached hydrogen (secondary N) is 1. The lowest BCUT2D eigenvalue weighted by molar-refractivity contribution is -0.143. The third kappa shape index (κ3) is 6.38. The number of benzene rings is 3. The van der Waals surface area contributed by atoms with Crippen molar-refractivity contribution in [1.29, 1.82) is 0 Å². The van der Waals surface area contributed by atoms with Gasteiger partial charge in [0.15, 0.2) is 6.61 Å². The molecule has 0 spiro atoms. The molecule has 5 nitrogen and oxygen atoms in total. The number of amides is 2.